The molecule has 3 atom stereocenters. The van der Waals surface area contributed by atoms with Crippen molar-refractivity contribution in [1.29, 1.82) is 0 Å². The molecule has 0 saturated heterocycles. The van der Waals surface area contributed by atoms with Crippen molar-refractivity contribution in [3.8, 4) is 0 Å². The molecule has 0 spiro atoms. The summed E-state index contributed by atoms with van der Waals surface area (Å²) < 4.78 is 10.5. The Morgan fingerprint density at radius 2 is 1.81 bits per heavy atom. The van der Waals surface area contributed by atoms with Crippen LogP contribution in [0.25, 0.3) is 0 Å². The van der Waals surface area contributed by atoms with E-state index in [2.05, 4.69) is 49.5 Å². The standard InChI is InChI=1S/C21H29NO3S/c1-5-15(2)17-8-10-18(11-9-17)20(19-7-6-14-26-19)22-21(23)16(3)25-13-12-24-4/h6-11,14-16,20H,5,12-13H2,1-4H3,(H,22,23). The molecule has 4 nitrogen and oxygen atoms in total. The van der Waals surface area contributed by atoms with Gasteiger partial charge in [-0.25, -0.2) is 0 Å². The molecule has 1 N–H and O–H groups in total. The summed E-state index contributed by atoms with van der Waals surface area (Å²) in [6.45, 7) is 7.06. The second-order valence-corrected chi connectivity index (χ2v) is 7.42. The summed E-state index contributed by atoms with van der Waals surface area (Å²) in [6, 6.07) is 12.4. The summed E-state index contributed by atoms with van der Waals surface area (Å²) in [5, 5.41) is 5.16. The molecule has 0 aliphatic carbocycles. The van der Waals surface area contributed by atoms with Gasteiger partial charge in [0.1, 0.15) is 6.10 Å². The fourth-order valence-electron chi connectivity index (χ4n) is 2.67. The van der Waals surface area contributed by atoms with E-state index in [0.717, 1.165) is 16.9 Å². The lowest BCUT2D eigenvalue weighted by atomic mass is 9.95. The van der Waals surface area contributed by atoms with Crippen LogP contribution in [0.5, 0.6) is 0 Å². The summed E-state index contributed by atoms with van der Waals surface area (Å²) in [5.74, 6) is 0.415. The Labute approximate surface area is 160 Å². The highest BCUT2D eigenvalue weighted by molar-refractivity contribution is 7.10. The Balaban J connectivity index is 2.13. The molecule has 0 aliphatic rings. The minimum Gasteiger partial charge on any atom is -0.382 e. The van der Waals surface area contributed by atoms with Gasteiger partial charge in [0.2, 0.25) is 5.91 Å². The van der Waals surface area contributed by atoms with E-state index in [9.17, 15) is 4.79 Å². The molecule has 0 saturated carbocycles. The summed E-state index contributed by atoms with van der Waals surface area (Å²) in [4.78, 5) is 13.7. The molecule has 1 aromatic carbocycles. The van der Waals surface area contributed by atoms with Crippen LogP contribution in [0.1, 0.15) is 55.2 Å². The van der Waals surface area contributed by atoms with Gasteiger partial charge in [-0.3, -0.25) is 4.79 Å². The quantitative estimate of drug-likeness (QED) is 0.621. The average Bonchev–Trinajstić information content (AvgIpc) is 3.20. The van der Waals surface area contributed by atoms with Crippen LogP contribution < -0.4 is 5.32 Å². The minimum absolute atomic E-state index is 0.120. The number of hydrogen-bond acceptors (Lipinski definition) is 4. The van der Waals surface area contributed by atoms with Crippen molar-refractivity contribution >= 4 is 17.2 Å². The van der Waals surface area contributed by atoms with Gasteiger partial charge in [-0.2, -0.15) is 0 Å². The predicted octanol–water partition coefficient (Wildman–Crippen LogP) is 4.52. The second-order valence-electron chi connectivity index (χ2n) is 6.44. The third-order valence-corrected chi connectivity index (χ3v) is 5.53. The van der Waals surface area contributed by atoms with E-state index in [0.29, 0.717) is 19.1 Å². The van der Waals surface area contributed by atoms with Crippen molar-refractivity contribution in [2.24, 2.45) is 0 Å². The Kier molecular flexibility index (Phi) is 8.29. The van der Waals surface area contributed by atoms with Gasteiger partial charge in [0.05, 0.1) is 19.3 Å². The van der Waals surface area contributed by atoms with Crippen molar-refractivity contribution in [1.82, 2.24) is 5.32 Å². The van der Waals surface area contributed by atoms with Gasteiger partial charge in [0, 0.05) is 12.0 Å². The Bertz CT molecular complexity index is 654. The number of rotatable bonds is 10. The normalized spacial score (nSPS) is 14.6. The molecule has 2 rings (SSSR count). The van der Waals surface area contributed by atoms with Gasteiger partial charge < -0.3 is 14.8 Å². The largest absolute Gasteiger partial charge is 0.382 e. The molecule has 0 fully saturated rings. The summed E-state index contributed by atoms with van der Waals surface area (Å²) >= 11 is 1.64. The fraction of sp³-hybridized carbons (Fsp3) is 0.476. The van der Waals surface area contributed by atoms with Crippen molar-refractivity contribution < 1.29 is 14.3 Å². The van der Waals surface area contributed by atoms with E-state index in [1.54, 1.807) is 25.4 Å². The lowest BCUT2D eigenvalue weighted by Crippen LogP contribution is -2.37. The summed E-state index contributed by atoms with van der Waals surface area (Å²) in [6.07, 6.45) is 0.591. The average molecular weight is 376 g/mol. The molecular formula is C21H29NO3S. The Hall–Kier alpha value is -1.69. The van der Waals surface area contributed by atoms with E-state index < -0.39 is 6.10 Å². The van der Waals surface area contributed by atoms with Gasteiger partial charge >= 0.3 is 0 Å². The van der Waals surface area contributed by atoms with Crippen LogP contribution in [0, 0.1) is 0 Å². The van der Waals surface area contributed by atoms with Gasteiger partial charge in [-0.15, -0.1) is 11.3 Å². The van der Waals surface area contributed by atoms with Crippen molar-refractivity contribution in [2.75, 3.05) is 20.3 Å². The number of amides is 1. The van der Waals surface area contributed by atoms with Crippen LogP contribution >= 0.6 is 11.3 Å². The van der Waals surface area contributed by atoms with Gasteiger partial charge in [0.25, 0.3) is 0 Å². The SMILES string of the molecule is CCC(C)c1ccc(C(NC(=O)C(C)OCCOC)c2cccs2)cc1. The van der Waals surface area contributed by atoms with Crippen LogP contribution in [-0.2, 0) is 14.3 Å². The van der Waals surface area contributed by atoms with E-state index in [1.165, 1.54) is 5.56 Å². The van der Waals surface area contributed by atoms with Crippen LogP contribution in [-0.4, -0.2) is 32.3 Å². The van der Waals surface area contributed by atoms with E-state index in [-0.39, 0.29) is 11.9 Å². The maximum atomic E-state index is 12.6. The lowest BCUT2D eigenvalue weighted by Gasteiger charge is -2.21. The smallest absolute Gasteiger partial charge is 0.249 e. The molecule has 1 aromatic heterocycles. The summed E-state index contributed by atoms with van der Waals surface area (Å²) in [5.41, 5.74) is 2.40. The number of methoxy groups -OCH3 is 1. The first-order chi connectivity index (χ1) is 12.6. The number of carbonyl (C=O) groups is 1. The number of hydrogen-bond donors (Lipinski definition) is 1. The van der Waals surface area contributed by atoms with E-state index in [1.807, 2.05) is 11.4 Å². The molecule has 0 aliphatic heterocycles. The van der Waals surface area contributed by atoms with Crippen LogP contribution in [0.2, 0.25) is 0 Å². The Morgan fingerprint density at radius 3 is 2.38 bits per heavy atom. The molecule has 1 heterocycles. The molecule has 2 aromatic rings. The number of benzene rings is 1. The van der Waals surface area contributed by atoms with E-state index in [4.69, 9.17) is 9.47 Å². The highest BCUT2D eigenvalue weighted by Gasteiger charge is 2.22. The zero-order valence-corrected chi connectivity index (χ0v) is 16.8. The highest BCUT2D eigenvalue weighted by Crippen LogP contribution is 2.28. The maximum Gasteiger partial charge on any atom is 0.249 e. The minimum atomic E-state index is -0.521. The van der Waals surface area contributed by atoms with Gasteiger partial charge in [-0.05, 0) is 41.8 Å². The van der Waals surface area contributed by atoms with Crippen molar-refractivity contribution in [2.45, 2.75) is 45.3 Å². The first kappa shape index (κ1) is 20.6. The lowest BCUT2D eigenvalue weighted by molar-refractivity contribution is -0.133. The zero-order valence-electron chi connectivity index (χ0n) is 16.0. The van der Waals surface area contributed by atoms with Crippen molar-refractivity contribution in [3.63, 3.8) is 0 Å². The summed E-state index contributed by atoms with van der Waals surface area (Å²) in [7, 11) is 1.62. The monoisotopic (exact) mass is 375 g/mol. The van der Waals surface area contributed by atoms with Gasteiger partial charge in [0.15, 0.2) is 0 Å². The Morgan fingerprint density at radius 1 is 1.12 bits per heavy atom. The molecule has 142 valence electrons. The third-order valence-electron chi connectivity index (χ3n) is 4.59. The number of carbonyl (C=O) groups excluding carboxylic acids is 1. The molecule has 3 unspecified atom stereocenters. The first-order valence-corrected chi connectivity index (χ1v) is 9.99. The molecule has 26 heavy (non-hydrogen) atoms. The third kappa shape index (κ3) is 5.66. The van der Waals surface area contributed by atoms with E-state index >= 15 is 0 Å². The van der Waals surface area contributed by atoms with Crippen LogP contribution in [0.15, 0.2) is 41.8 Å². The molecule has 1 amide bonds. The maximum absolute atomic E-state index is 12.6. The molecule has 5 heteroatoms. The topological polar surface area (TPSA) is 47.6 Å². The number of nitrogens with one attached hydrogen (secondary N) is 1. The molecular weight excluding hydrogens is 346 g/mol. The highest BCUT2D eigenvalue weighted by atomic mass is 32.1. The zero-order chi connectivity index (χ0) is 18.9. The predicted molar refractivity (Wildman–Crippen MR) is 107 cm³/mol. The molecule has 0 radical (unpaired) electrons. The van der Waals surface area contributed by atoms with Gasteiger partial charge in [-0.1, -0.05) is 44.2 Å². The molecule has 0 bridgehead atoms. The first-order valence-electron chi connectivity index (χ1n) is 9.11. The van der Waals surface area contributed by atoms with Crippen molar-refractivity contribution in [3.05, 3.63) is 57.8 Å². The number of thiophene rings is 1. The van der Waals surface area contributed by atoms with Crippen LogP contribution in [0.4, 0.5) is 0 Å². The number of ether oxygens (including phenoxy) is 2. The fourth-order valence-corrected chi connectivity index (χ4v) is 3.47. The second kappa shape index (κ2) is 10.5. The van der Waals surface area contributed by atoms with Crippen LogP contribution in [0.3, 0.4) is 0 Å².